The van der Waals surface area contributed by atoms with Crippen LogP contribution < -0.4 is 5.32 Å². The van der Waals surface area contributed by atoms with Crippen LogP contribution in [0.3, 0.4) is 0 Å². The molecular formula is C12H11F2NS. The van der Waals surface area contributed by atoms with Gasteiger partial charge >= 0.3 is 0 Å². The molecule has 0 spiro atoms. The van der Waals surface area contributed by atoms with Crippen molar-refractivity contribution in [1.29, 1.82) is 0 Å². The van der Waals surface area contributed by atoms with Crippen LogP contribution in [-0.2, 0) is 13.1 Å². The second-order valence-corrected chi connectivity index (χ2v) is 4.22. The van der Waals surface area contributed by atoms with Gasteiger partial charge in [0, 0.05) is 18.7 Å². The van der Waals surface area contributed by atoms with E-state index in [0.717, 1.165) is 5.56 Å². The standard InChI is InChI=1S/C12H11F2NS/c13-11-2-1-3-12(14)10(11)7-15-6-9-4-5-16-8-9/h1-5,8,15H,6-7H2. The molecule has 2 aromatic rings. The van der Waals surface area contributed by atoms with Crippen LogP contribution >= 0.6 is 11.3 Å². The first-order chi connectivity index (χ1) is 7.77. The second kappa shape index (κ2) is 5.18. The summed E-state index contributed by atoms with van der Waals surface area (Å²) in [7, 11) is 0. The summed E-state index contributed by atoms with van der Waals surface area (Å²) in [6, 6.07) is 5.89. The van der Waals surface area contributed by atoms with E-state index in [2.05, 4.69) is 5.32 Å². The number of hydrogen-bond acceptors (Lipinski definition) is 2. The van der Waals surface area contributed by atoms with Gasteiger partial charge in [-0.05, 0) is 34.5 Å². The summed E-state index contributed by atoms with van der Waals surface area (Å²) in [5.41, 5.74) is 1.22. The first kappa shape index (κ1) is 11.2. The van der Waals surface area contributed by atoms with Gasteiger partial charge in [0.1, 0.15) is 11.6 Å². The van der Waals surface area contributed by atoms with Gasteiger partial charge in [-0.1, -0.05) is 6.07 Å². The zero-order valence-electron chi connectivity index (χ0n) is 8.54. The molecule has 0 saturated carbocycles. The predicted octanol–water partition coefficient (Wildman–Crippen LogP) is 3.32. The van der Waals surface area contributed by atoms with E-state index in [0.29, 0.717) is 6.54 Å². The van der Waals surface area contributed by atoms with Gasteiger partial charge in [-0.2, -0.15) is 11.3 Å². The molecule has 1 aromatic carbocycles. The van der Waals surface area contributed by atoms with E-state index in [4.69, 9.17) is 0 Å². The van der Waals surface area contributed by atoms with Gasteiger partial charge in [0.2, 0.25) is 0 Å². The third-order valence-electron chi connectivity index (χ3n) is 2.27. The first-order valence-corrected chi connectivity index (χ1v) is 5.86. The monoisotopic (exact) mass is 239 g/mol. The maximum Gasteiger partial charge on any atom is 0.130 e. The van der Waals surface area contributed by atoms with Crippen LogP contribution in [-0.4, -0.2) is 0 Å². The van der Waals surface area contributed by atoms with E-state index in [9.17, 15) is 8.78 Å². The molecule has 0 aliphatic heterocycles. The third-order valence-corrected chi connectivity index (χ3v) is 3.00. The van der Waals surface area contributed by atoms with E-state index in [1.807, 2.05) is 16.8 Å². The van der Waals surface area contributed by atoms with E-state index in [1.54, 1.807) is 11.3 Å². The highest BCUT2D eigenvalue weighted by Gasteiger charge is 2.07. The van der Waals surface area contributed by atoms with Crippen molar-refractivity contribution in [2.45, 2.75) is 13.1 Å². The third kappa shape index (κ3) is 2.65. The minimum atomic E-state index is -0.502. The molecule has 0 amide bonds. The molecule has 1 nitrogen and oxygen atoms in total. The maximum atomic E-state index is 13.2. The van der Waals surface area contributed by atoms with Gasteiger partial charge in [0.25, 0.3) is 0 Å². The van der Waals surface area contributed by atoms with Crippen molar-refractivity contribution in [3.63, 3.8) is 0 Å². The molecule has 0 aliphatic rings. The van der Waals surface area contributed by atoms with Gasteiger partial charge in [0.05, 0.1) is 0 Å². The lowest BCUT2D eigenvalue weighted by molar-refractivity contribution is 0.535. The lowest BCUT2D eigenvalue weighted by Gasteiger charge is -2.06. The molecule has 1 aromatic heterocycles. The van der Waals surface area contributed by atoms with Crippen LogP contribution in [0.4, 0.5) is 8.78 Å². The fourth-order valence-corrected chi connectivity index (χ4v) is 2.09. The van der Waals surface area contributed by atoms with Crippen LogP contribution in [0.1, 0.15) is 11.1 Å². The molecule has 0 saturated heterocycles. The van der Waals surface area contributed by atoms with Gasteiger partial charge < -0.3 is 5.32 Å². The lowest BCUT2D eigenvalue weighted by Crippen LogP contribution is -2.14. The summed E-state index contributed by atoms with van der Waals surface area (Å²) in [6.45, 7) is 0.825. The van der Waals surface area contributed by atoms with Gasteiger partial charge in [-0.15, -0.1) is 0 Å². The summed E-state index contributed by atoms with van der Waals surface area (Å²) < 4.78 is 26.5. The molecule has 84 valence electrons. The molecular weight excluding hydrogens is 228 g/mol. The molecule has 0 unspecified atom stereocenters. The number of halogens is 2. The highest BCUT2D eigenvalue weighted by Crippen LogP contribution is 2.12. The molecule has 0 fully saturated rings. The lowest BCUT2D eigenvalue weighted by atomic mass is 10.2. The number of nitrogens with one attached hydrogen (secondary N) is 1. The first-order valence-electron chi connectivity index (χ1n) is 4.92. The largest absolute Gasteiger partial charge is 0.308 e. The van der Waals surface area contributed by atoms with Crippen LogP contribution in [0, 0.1) is 11.6 Å². The number of benzene rings is 1. The molecule has 4 heteroatoms. The summed E-state index contributed by atoms with van der Waals surface area (Å²) in [4.78, 5) is 0. The Labute approximate surface area is 96.7 Å². The molecule has 1 N–H and O–H groups in total. The fraction of sp³-hybridized carbons (Fsp3) is 0.167. The average molecular weight is 239 g/mol. The van der Waals surface area contributed by atoms with Crippen molar-refractivity contribution in [2.75, 3.05) is 0 Å². The average Bonchev–Trinajstić information content (AvgIpc) is 2.75. The molecule has 1 heterocycles. The molecule has 0 atom stereocenters. The predicted molar refractivity (Wildman–Crippen MR) is 61.2 cm³/mol. The van der Waals surface area contributed by atoms with Crippen LogP contribution in [0.2, 0.25) is 0 Å². The SMILES string of the molecule is Fc1cccc(F)c1CNCc1ccsc1. The second-order valence-electron chi connectivity index (χ2n) is 3.44. The highest BCUT2D eigenvalue weighted by atomic mass is 32.1. The van der Waals surface area contributed by atoms with Gasteiger partial charge in [-0.3, -0.25) is 0 Å². The Morgan fingerprint density at radius 3 is 2.44 bits per heavy atom. The van der Waals surface area contributed by atoms with Gasteiger partial charge in [0.15, 0.2) is 0 Å². The quantitative estimate of drug-likeness (QED) is 0.863. The van der Waals surface area contributed by atoms with Crippen molar-refractivity contribution >= 4 is 11.3 Å². The Hall–Kier alpha value is -1.26. The van der Waals surface area contributed by atoms with E-state index in [1.165, 1.54) is 18.2 Å². The molecule has 0 bridgehead atoms. The van der Waals surface area contributed by atoms with E-state index < -0.39 is 11.6 Å². The van der Waals surface area contributed by atoms with Crippen LogP contribution in [0.15, 0.2) is 35.0 Å². The number of hydrogen-bond donors (Lipinski definition) is 1. The Balaban J connectivity index is 1.95. The van der Waals surface area contributed by atoms with Crippen LogP contribution in [0.25, 0.3) is 0 Å². The summed E-state index contributed by atoms with van der Waals surface area (Å²) >= 11 is 1.60. The Morgan fingerprint density at radius 2 is 1.81 bits per heavy atom. The number of rotatable bonds is 4. The summed E-state index contributed by atoms with van der Waals surface area (Å²) in [5, 5.41) is 6.99. The molecule has 0 aliphatic carbocycles. The van der Waals surface area contributed by atoms with E-state index >= 15 is 0 Å². The Bertz CT molecular complexity index is 434. The minimum Gasteiger partial charge on any atom is -0.308 e. The zero-order valence-corrected chi connectivity index (χ0v) is 9.36. The van der Waals surface area contributed by atoms with Crippen molar-refractivity contribution in [1.82, 2.24) is 5.32 Å². The van der Waals surface area contributed by atoms with E-state index in [-0.39, 0.29) is 12.1 Å². The summed E-state index contributed by atoms with van der Waals surface area (Å²) in [6.07, 6.45) is 0. The van der Waals surface area contributed by atoms with Gasteiger partial charge in [-0.25, -0.2) is 8.78 Å². The highest BCUT2D eigenvalue weighted by molar-refractivity contribution is 7.07. The molecule has 16 heavy (non-hydrogen) atoms. The van der Waals surface area contributed by atoms with Crippen molar-refractivity contribution in [3.8, 4) is 0 Å². The maximum absolute atomic E-state index is 13.2. The topological polar surface area (TPSA) is 12.0 Å². The zero-order chi connectivity index (χ0) is 11.4. The summed E-state index contributed by atoms with van der Waals surface area (Å²) in [5.74, 6) is -1.00. The van der Waals surface area contributed by atoms with Crippen molar-refractivity contribution in [3.05, 3.63) is 57.8 Å². The number of thiophene rings is 1. The Morgan fingerprint density at radius 1 is 1.06 bits per heavy atom. The molecule has 0 radical (unpaired) electrons. The smallest absolute Gasteiger partial charge is 0.130 e. The van der Waals surface area contributed by atoms with Crippen molar-refractivity contribution < 1.29 is 8.78 Å². The van der Waals surface area contributed by atoms with Crippen LogP contribution in [0.5, 0.6) is 0 Å². The Kier molecular flexibility index (Phi) is 3.64. The van der Waals surface area contributed by atoms with Crippen molar-refractivity contribution in [2.24, 2.45) is 0 Å². The normalized spacial score (nSPS) is 10.6. The molecule has 2 rings (SSSR count). The minimum absolute atomic E-state index is 0.0951. The fourth-order valence-electron chi connectivity index (χ4n) is 1.43.